The highest BCUT2D eigenvalue weighted by atomic mass is 79.9. The first-order chi connectivity index (χ1) is 9.51. The molecule has 0 aliphatic rings. The Morgan fingerprint density at radius 2 is 1.95 bits per heavy atom. The fraction of sp³-hybridized carbons (Fsp3) is 0.154. The van der Waals surface area contributed by atoms with Crippen molar-refractivity contribution < 1.29 is 4.74 Å². The Hall–Kier alpha value is -0.300. The van der Waals surface area contributed by atoms with E-state index in [4.69, 9.17) is 16.3 Å². The number of nitrogens with zero attached hydrogens (tertiary/aromatic N) is 1. The van der Waals surface area contributed by atoms with Gasteiger partial charge in [0.05, 0.1) is 17.3 Å². The average molecular weight is 485 g/mol. The van der Waals surface area contributed by atoms with E-state index < -0.39 is 0 Å². The van der Waals surface area contributed by atoms with Crippen LogP contribution in [0, 0.1) is 0 Å². The molecule has 1 N–H and O–H groups in total. The molecule has 3 nitrogen and oxygen atoms in total. The van der Waals surface area contributed by atoms with E-state index in [1.54, 1.807) is 13.3 Å². The molecule has 0 saturated heterocycles. The molecule has 2 aromatic rings. The van der Waals surface area contributed by atoms with Crippen LogP contribution >= 0.6 is 59.4 Å². The summed E-state index contributed by atoms with van der Waals surface area (Å²) in [5, 5.41) is 3.68. The smallest absolute Gasteiger partial charge is 0.152 e. The van der Waals surface area contributed by atoms with E-state index in [0.717, 1.165) is 30.4 Å². The minimum Gasteiger partial charge on any atom is -0.495 e. The minimum atomic E-state index is 0.432. The number of ether oxygens (including phenoxy) is 1. The number of anilines is 1. The van der Waals surface area contributed by atoms with Crippen LogP contribution in [0.2, 0.25) is 5.15 Å². The van der Waals surface area contributed by atoms with Gasteiger partial charge in [-0.15, -0.1) is 0 Å². The Morgan fingerprint density at radius 1 is 1.20 bits per heavy atom. The highest BCUT2D eigenvalue weighted by Gasteiger charge is 2.10. The predicted octanol–water partition coefficient (Wildman–Crippen LogP) is 5.64. The molecule has 1 aromatic heterocycles. The van der Waals surface area contributed by atoms with Gasteiger partial charge >= 0.3 is 0 Å². The third-order valence-electron chi connectivity index (χ3n) is 2.56. The second kappa shape index (κ2) is 7.11. The van der Waals surface area contributed by atoms with Gasteiger partial charge in [0, 0.05) is 27.3 Å². The maximum Gasteiger partial charge on any atom is 0.152 e. The highest BCUT2D eigenvalue weighted by Crippen LogP contribution is 2.33. The lowest BCUT2D eigenvalue weighted by Gasteiger charge is -2.13. The molecule has 1 aromatic carbocycles. The van der Waals surface area contributed by atoms with Crippen LogP contribution in [0.4, 0.5) is 5.69 Å². The minimum absolute atomic E-state index is 0.432. The molecule has 0 unspecified atom stereocenters. The molecular weight excluding hydrogens is 475 g/mol. The van der Waals surface area contributed by atoms with E-state index in [1.165, 1.54) is 0 Å². The van der Waals surface area contributed by atoms with E-state index in [2.05, 4.69) is 58.1 Å². The van der Waals surface area contributed by atoms with Crippen LogP contribution in [-0.2, 0) is 6.54 Å². The van der Waals surface area contributed by atoms with Crippen LogP contribution in [0.1, 0.15) is 5.56 Å². The molecule has 0 atom stereocenters. The Bertz CT molecular complexity index is 637. The van der Waals surface area contributed by atoms with Crippen LogP contribution in [0.15, 0.2) is 37.8 Å². The van der Waals surface area contributed by atoms with Crippen molar-refractivity contribution in [1.29, 1.82) is 0 Å². The van der Waals surface area contributed by atoms with Crippen molar-refractivity contribution in [2.75, 3.05) is 12.4 Å². The Labute approximate surface area is 147 Å². The number of hydrogen-bond acceptors (Lipinski definition) is 3. The van der Waals surface area contributed by atoms with Crippen molar-refractivity contribution in [3.05, 3.63) is 48.5 Å². The van der Waals surface area contributed by atoms with E-state index >= 15 is 0 Å². The quantitative estimate of drug-likeness (QED) is 0.569. The van der Waals surface area contributed by atoms with Gasteiger partial charge in [0.2, 0.25) is 0 Å². The van der Waals surface area contributed by atoms with Crippen molar-refractivity contribution in [3.63, 3.8) is 0 Å². The van der Waals surface area contributed by atoms with E-state index in [1.807, 2.05) is 18.2 Å². The van der Waals surface area contributed by atoms with Gasteiger partial charge in [-0.1, -0.05) is 27.5 Å². The molecule has 1 heterocycles. The number of nitrogens with one attached hydrogen (secondary N) is 1. The van der Waals surface area contributed by atoms with E-state index in [-0.39, 0.29) is 0 Å². The normalized spacial score (nSPS) is 10.4. The topological polar surface area (TPSA) is 34.1 Å². The molecule has 0 amide bonds. The van der Waals surface area contributed by atoms with Crippen molar-refractivity contribution in [1.82, 2.24) is 4.98 Å². The number of pyridine rings is 1. The molecule has 0 fully saturated rings. The van der Waals surface area contributed by atoms with Gasteiger partial charge in [0.1, 0.15) is 5.75 Å². The van der Waals surface area contributed by atoms with Crippen molar-refractivity contribution in [2.45, 2.75) is 6.54 Å². The van der Waals surface area contributed by atoms with Crippen molar-refractivity contribution >= 4 is 65.1 Å². The highest BCUT2D eigenvalue weighted by molar-refractivity contribution is 9.11. The summed E-state index contributed by atoms with van der Waals surface area (Å²) in [6.45, 7) is 0.569. The van der Waals surface area contributed by atoms with Crippen LogP contribution in [0.3, 0.4) is 0 Å². The van der Waals surface area contributed by atoms with Gasteiger partial charge in [-0.2, -0.15) is 0 Å². The van der Waals surface area contributed by atoms with Gasteiger partial charge in [-0.05, 0) is 50.1 Å². The Balaban J connectivity index is 2.24. The van der Waals surface area contributed by atoms with Gasteiger partial charge < -0.3 is 10.1 Å². The molecule has 0 aliphatic heterocycles. The maximum atomic E-state index is 6.05. The van der Waals surface area contributed by atoms with Gasteiger partial charge in [0.15, 0.2) is 5.15 Å². The van der Waals surface area contributed by atoms with Crippen LogP contribution < -0.4 is 10.1 Å². The standard InChI is InChI=1S/C13H10Br3ClN2O/c1-20-12-7(2-8(14)3-10(12)16)5-18-11-4-9(15)6-19-13(11)17/h2-4,6,18H,5H2,1H3. The maximum absolute atomic E-state index is 6.05. The fourth-order valence-corrected chi connectivity index (χ4v) is 3.69. The lowest BCUT2D eigenvalue weighted by atomic mass is 10.2. The number of methoxy groups -OCH3 is 1. The van der Waals surface area contributed by atoms with Crippen LogP contribution in [0.25, 0.3) is 0 Å². The summed E-state index contributed by atoms with van der Waals surface area (Å²) >= 11 is 16.4. The Kier molecular flexibility index (Phi) is 5.72. The summed E-state index contributed by atoms with van der Waals surface area (Å²) in [6.07, 6.45) is 1.66. The van der Waals surface area contributed by atoms with Gasteiger partial charge in [-0.25, -0.2) is 4.98 Å². The number of rotatable bonds is 4. The monoisotopic (exact) mass is 482 g/mol. The lowest BCUT2D eigenvalue weighted by Crippen LogP contribution is -2.03. The number of aromatic nitrogens is 1. The molecule has 2 rings (SSSR count). The molecule has 0 radical (unpaired) electrons. The number of benzene rings is 1. The third kappa shape index (κ3) is 3.87. The largest absolute Gasteiger partial charge is 0.495 e. The van der Waals surface area contributed by atoms with Crippen LogP contribution in [-0.4, -0.2) is 12.1 Å². The zero-order valence-corrected chi connectivity index (χ0v) is 15.9. The van der Waals surface area contributed by atoms with Crippen LogP contribution in [0.5, 0.6) is 5.75 Å². The molecular formula is C13H10Br3ClN2O. The molecule has 106 valence electrons. The zero-order valence-electron chi connectivity index (χ0n) is 10.4. The number of halogens is 4. The second-order valence-corrected chi connectivity index (χ2v) is 6.97. The summed E-state index contributed by atoms with van der Waals surface area (Å²) in [6, 6.07) is 5.82. The predicted molar refractivity (Wildman–Crippen MR) is 92.7 cm³/mol. The first-order valence-corrected chi connectivity index (χ1v) is 8.33. The average Bonchev–Trinajstić information content (AvgIpc) is 2.39. The summed E-state index contributed by atoms with van der Waals surface area (Å²) < 4.78 is 8.14. The summed E-state index contributed by atoms with van der Waals surface area (Å²) in [4.78, 5) is 4.07. The summed E-state index contributed by atoms with van der Waals surface area (Å²) in [7, 11) is 1.64. The third-order valence-corrected chi connectivity index (χ3v) is 4.35. The Morgan fingerprint density at radius 3 is 2.65 bits per heavy atom. The van der Waals surface area contributed by atoms with E-state index in [0.29, 0.717) is 11.7 Å². The number of hydrogen-bond donors (Lipinski definition) is 1. The van der Waals surface area contributed by atoms with Gasteiger partial charge in [0.25, 0.3) is 0 Å². The second-order valence-electron chi connectivity index (χ2n) is 3.93. The SMILES string of the molecule is COc1c(Br)cc(Br)cc1CNc1cc(Br)cnc1Cl. The van der Waals surface area contributed by atoms with Crippen molar-refractivity contribution in [2.24, 2.45) is 0 Å². The fourth-order valence-electron chi connectivity index (χ4n) is 1.71. The molecule has 20 heavy (non-hydrogen) atoms. The first-order valence-electron chi connectivity index (χ1n) is 5.58. The first kappa shape index (κ1) is 16.1. The van der Waals surface area contributed by atoms with Crippen molar-refractivity contribution in [3.8, 4) is 5.75 Å². The lowest BCUT2D eigenvalue weighted by molar-refractivity contribution is 0.407. The molecule has 0 bridgehead atoms. The zero-order chi connectivity index (χ0) is 14.7. The molecule has 0 aliphatic carbocycles. The van der Waals surface area contributed by atoms with Gasteiger partial charge in [-0.3, -0.25) is 0 Å². The van der Waals surface area contributed by atoms with E-state index in [9.17, 15) is 0 Å². The summed E-state index contributed by atoms with van der Waals surface area (Å²) in [5.41, 5.74) is 1.77. The molecule has 7 heteroatoms. The molecule has 0 spiro atoms. The molecule has 0 saturated carbocycles. The summed E-state index contributed by atoms with van der Waals surface area (Å²) in [5.74, 6) is 0.791.